The first-order valence-electron chi connectivity index (χ1n) is 12.5. The van der Waals surface area contributed by atoms with Crippen LogP contribution >= 0.6 is 0 Å². The second-order valence-corrected chi connectivity index (χ2v) is 9.43. The largest absolute Gasteiger partial charge is 0.356 e. The second-order valence-electron chi connectivity index (χ2n) is 9.43. The summed E-state index contributed by atoms with van der Waals surface area (Å²) in [6.07, 6.45) is 6.93. The van der Waals surface area contributed by atoms with Crippen molar-refractivity contribution in [3.8, 4) is 11.3 Å². The topological polar surface area (TPSA) is 75.4 Å². The summed E-state index contributed by atoms with van der Waals surface area (Å²) in [5.74, 6) is 0.763. The number of rotatable bonds is 8. The number of nitrogens with one attached hydrogen (secondary N) is 1. The zero-order valence-electron chi connectivity index (χ0n) is 20.0. The summed E-state index contributed by atoms with van der Waals surface area (Å²) < 4.78 is 4.03. The molecular weight excluding hydrogens is 428 g/mol. The Hall–Kier alpha value is -3.13. The van der Waals surface area contributed by atoms with Crippen LogP contribution in [0.5, 0.6) is 0 Å². The van der Waals surface area contributed by atoms with Crippen molar-refractivity contribution in [2.75, 3.05) is 37.6 Å². The molecular formula is C26H34N6O2. The third-order valence-corrected chi connectivity index (χ3v) is 7.00. The Kier molecular flexibility index (Phi) is 6.67. The Morgan fingerprint density at radius 3 is 2.71 bits per heavy atom. The molecule has 1 N–H and O–H groups in total. The molecule has 0 saturated carbocycles. The molecule has 0 unspecified atom stereocenters. The van der Waals surface area contributed by atoms with Crippen molar-refractivity contribution in [3.05, 3.63) is 36.5 Å². The van der Waals surface area contributed by atoms with Crippen molar-refractivity contribution in [2.45, 2.75) is 45.1 Å². The van der Waals surface area contributed by atoms with Gasteiger partial charge in [-0.3, -0.25) is 14.5 Å². The molecule has 3 aromatic rings. The molecule has 0 atom stereocenters. The third kappa shape index (κ3) is 4.73. The van der Waals surface area contributed by atoms with Gasteiger partial charge in [-0.2, -0.15) is 5.10 Å². The number of aryl methyl sites for hydroxylation is 2. The maximum absolute atomic E-state index is 13.0. The Bertz CT molecular complexity index is 1170. The van der Waals surface area contributed by atoms with Crippen LogP contribution in [0.25, 0.3) is 22.2 Å². The van der Waals surface area contributed by atoms with Crippen molar-refractivity contribution >= 4 is 28.5 Å². The van der Waals surface area contributed by atoms with E-state index in [-0.39, 0.29) is 24.7 Å². The van der Waals surface area contributed by atoms with Gasteiger partial charge in [0.15, 0.2) is 0 Å². The Labute approximate surface area is 200 Å². The molecule has 8 heteroatoms. The quantitative estimate of drug-likeness (QED) is 0.522. The minimum Gasteiger partial charge on any atom is -0.356 e. The molecule has 1 saturated heterocycles. The van der Waals surface area contributed by atoms with Crippen molar-refractivity contribution in [3.63, 3.8) is 0 Å². The highest BCUT2D eigenvalue weighted by Gasteiger charge is 2.26. The molecule has 1 fully saturated rings. The highest BCUT2D eigenvalue weighted by Crippen LogP contribution is 2.33. The lowest BCUT2D eigenvalue weighted by atomic mass is 10.1. The Morgan fingerprint density at radius 2 is 1.85 bits per heavy atom. The van der Waals surface area contributed by atoms with Gasteiger partial charge < -0.3 is 14.8 Å². The van der Waals surface area contributed by atoms with Gasteiger partial charge in [-0.05, 0) is 51.4 Å². The fraction of sp³-hybridized carbons (Fsp3) is 0.500. The number of benzene rings is 1. The number of amides is 2. The summed E-state index contributed by atoms with van der Waals surface area (Å²) in [4.78, 5) is 29.5. The van der Waals surface area contributed by atoms with Crippen LogP contribution in [0.2, 0.25) is 0 Å². The number of carbonyl (C=O) groups is 2. The zero-order chi connectivity index (χ0) is 23.5. The van der Waals surface area contributed by atoms with Crippen LogP contribution < -0.4 is 10.2 Å². The predicted molar refractivity (Wildman–Crippen MR) is 134 cm³/mol. The molecule has 180 valence electrons. The van der Waals surface area contributed by atoms with E-state index < -0.39 is 0 Å². The van der Waals surface area contributed by atoms with Crippen LogP contribution in [0.4, 0.5) is 5.82 Å². The van der Waals surface area contributed by atoms with Gasteiger partial charge in [0.05, 0.1) is 5.69 Å². The van der Waals surface area contributed by atoms with Gasteiger partial charge in [0, 0.05) is 68.3 Å². The van der Waals surface area contributed by atoms with E-state index in [1.165, 1.54) is 25.9 Å². The van der Waals surface area contributed by atoms with Gasteiger partial charge in [0.2, 0.25) is 11.8 Å². The number of aromatic nitrogens is 3. The average molecular weight is 463 g/mol. The molecule has 8 nitrogen and oxygen atoms in total. The van der Waals surface area contributed by atoms with Crippen molar-refractivity contribution < 1.29 is 9.59 Å². The highest BCUT2D eigenvalue weighted by molar-refractivity contribution is 5.98. The smallest absolute Gasteiger partial charge is 0.228 e. The Balaban J connectivity index is 1.19. The average Bonchev–Trinajstić information content (AvgIpc) is 3.59. The van der Waals surface area contributed by atoms with Gasteiger partial charge >= 0.3 is 0 Å². The monoisotopic (exact) mass is 462 g/mol. The fourth-order valence-electron chi connectivity index (χ4n) is 5.19. The first kappa shape index (κ1) is 22.7. The summed E-state index contributed by atoms with van der Waals surface area (Å²) in [7, 11) is 2.04. The summed E-state index contributed by atoms with van der Waals surface area (Å²) in [6, 6.07) is 10.3. The summed E-state index contributed by atoms with van der Waals surface area (Å²) >= 11 is 0. The number of nitrogens with zero attached hydrogens (tertiary/aromatic N) is 5. The number of carbonyl (C=O) groups excluding carboxylic acids is 2. The van der Waals surface area contributed by atoms with E-state index in [9.17, 15) is 9.59 Å². The zero-order valence-corrected chi connectivity index (χ0v) is 20.0. The van der Waals surface area contributed by atoms with E-state index in [1.54, 1.807) is 4.90 Å². The van der Waals surface area contributed by atoms with Crippen LogP contribution in [0.3, 0.4) is 0 Å². The maximum Gasteiger partial charge on any atom is 0.228 e. The van der Waals surface area contributed by atoms with E-state index in [4.69, 9.17) is 5.10 Å². The van der Waals surface area contributed by atoms with Gasteiger partial charge in [0.25, 0.3) is 0 Å². The maximum atomic E-state index is 13.0. The molecule has 2 amide bonds. The number of anilines is 1. The minimum atomic E-state index is -0.0447. The van der Waals surface area contributed by atoms with Gasteiger partial charge in [0.1, 0.15) is 5.82 Å². The number of likely N-dealkylation sites (tertiary alicyclic amines) is 1. The molecule has 4 heterocycles. The normalized spacial score (nSPS) is 16.2. The molecule has 2 aliphatic rings. The highest BCUT2D eigenvalue weighted by atomic mass is 16.2. The number of hydrogen-bond acceptors (Lipinski definition) is 4. The van der Waals surface area contributed by atoms with Crippen molar-refractivity contribution in [2.24, 2.45) is 7.05 Å². The van der Waals surface area contributed by atoms with Crippen LogP contribution in [-0.2, 0) is 23.2 Å². The molecule has 0 radical (unpaired) electrons. The number of fused-ring (bicyclic) bond motifs is 2. The lowest BCUT2D eigenvalue weighted by Gasteiger charge is -2.27. The fourth-order valence-corrected chi connectivity index (χ4v) is 5.19. The van der Waals surface area contributed by atoms with Crippen LogP contribution in [-0.4, -0.2) is 63.8 Å². The summed E-state index contributed by atoms with van der Waals surface area (Å²) in [5.41, 5.74) is 3.10. The SMILES string of the molecule is Cn1cc(-c2cc3n(n2)CCCN3C(=O)CCC(=O)NCCCN2CCCC2)c2ccccc21. The van der Waals surface area contributed by atoms with E-state index in [2.05, 4.69) is 33.1 Å². The molecule has 34 heavy (non-hydrogen) atoms. The summed E-state index contributed by atoms with van der Waals surface area (Å²) in [5, 5.41) is 8.95. The standard InChI is InChI=1S/C26H34N6O2/c1-29-19-21(20-8-2-3-9-23(20)29)22-18-25-31(16-7-17-32(25)28-22)26(34)11-10-24(33)27-12-6-15-30-13-4-5-14-30/h2-3,8-9,18-19H,4-7,10-17H2,1H3,(H,27,33). The first-order valence-corrected chi connectivity index (χ1v) is 12.5. The molecule has 1 aromatic carbocycles. The lowest BCUT2D eigenvalue weighted by molar-refractivity contribution is -0.125. The molecule has 0 spiro atoms. The summed E-state index contributed by atoms with van der Waals surface area (Å²) in [6.45, 7) is 5.52. The van der Waals surface area contributed by atoms with Gasteiger partial charge in [-0.25, -0.2) is 4.68 Å². The van der Waals surface area contributed by atoms with Gasteiger partial charge in [-0.15, -0.1) is 0 Å². The van der Waals surface area contributed by atoms with Crippen molar-refractivity contribution in [1.82, 2.24) is 24.6 Å². The molecule has 0 aliphatic carbocycles. The number of hydrogen-bond donors (Lipinski definition) is 1. The molecule has 2 aromatic heterocycles. The van der Waals surface area contributed by atoms with E-state index in [0.29, 0.717) is 13.1 Å². The van der Waals surface area contributed by atoms with Crippen LogP contribution in [0.1, 0.15) is 38.5 Å². The molecule has 2 aliphatic heterocycles. The van der Waals surface area contributed by atoms with Crippen LogP contribution in [0.15, 0.2) is 36.5 Å². The Morgan fingerprint density at radius 1 is 1.03 bits per heavy atom. The van der Waals surface area contributed by atoms with Crippen LogP contribution in [0, 0.1) is 0 Å². The lowest BCUT2D eigenvalue weighted by Crippen LogP contribution is -2.38. The minimum absolute atomic E-state index is 0.0162. The first-order chi connectivity index (χ1) is 16.6. The predicted octanol–water partition coefficient (Wildman–Crippen LogP) is 3.16. The third-order valence-electron chi connectivity index (χ3n) is 7.00. The van der Waals surface area contributed by atoms with E-state index >= 15 is 0 Å². The van der Waals surface area contributed by atoms with Gasteiger partial charge in [-0.1, -0.05) is 18.2 Å². The van der Waals surface area contributed by atoms with E-state index in [1.807, 2.05) is 29.9 Å². The number of para-hydroxylation sites is 1. The van der Waals surface area contributed by atoms with E-state index in [0.717, 1.165) is 53.9 Å². The molecule has 0 bridgehead atoms. The van der Waals surface area contributed by atoms with Crippen molar-refractivity contribution in [1.29, 1.82) is 0 Å². The molecule has 5 rings (SSSR count). The second kappa shape index (κ2) is 10.0.